The summed E-state index contributed by atoms with van der Waals surface area (Å²) in [4.78, 5) is 24.4. The molecule has 0 radical (unpaired) electrons. The monoisotopic (exact) mass is 404 g/mol. The summed E-state index contributed by atoms with van der Waals surface area (Å²) in [5, 5.41) is 1.66. The van der Waals surface area contributed by atoms with Crippen LogP contribution in [-0.2, 0) is 35.4 Å². The SMILES string of the molecule is COc1ccc2c(CC(=O)OCc3cc(=O)oc4cc5c(cc34)CCC5)coc2c1. The van der Waals surface area contributed by atoms with Crippen LogP contribution in [0.25, 0.3) is 21.9 Å². The first-order chi connectivity index (χ1) is 14.6. The smallest absolute Gasteiger partial charge is 0.336 e. The lowest BCUT2D eigenvalue weighted by atomic mass is 10.0. The summed E-state index contributed by atoms with van der Waals surface area (Å²) in [6.07, 6.45) is 4.75. The van der Waals surface area contributed by atoms with Crippen LogP contribution >= 0.6 is 0 Å². The molecule has 2 heterocycles. The molecule has 1 aliphatic carbocycles. The number of carbonyl (C=O) groups is 1. The fourth-order valence-corrected chi connectivity index (χ4v) is 4.11. The lowest BCUT2D eigenvalue weighted by Crippen LogP contribution is -2.10. The topological polar surface area (TPSA) is 78.9 Å². The third-order valence-electron chi connectivity index (χ3n) is 5.63. The molecule has 4 aromatic rings. The van der Waals surface area contributed by atoms with Crippen LogP contribution in [0, 0.1) is 0 Å². The summed E-state index contributed by atoms with van der Waals surface area (Å²) >= 11 is 0. The van der Waals surface area contributed by atoms with Crippen LogP contribution < -0.4 is 10.4 Å². The molecule has 0 fully saturated rings. The Morgan fingerprint density at radius 3 is 2.67 bits per heavy atom. The van der Waals surface area contributed by atoms with Gasteiger partial charge in [0.1, 0.15) is 23.5 Å². The van der Waals surface area contributed by atoms with Gasteiger partial charge >= 0.3 is 11.6 Å². The molecular weight excluding hydrogens is 384 g/mol. The highest BCUT2D eigenvalue weighted by molar-refractivity contribution is 5.87. The van der Waals surface area contributed by atoms with E-state index in [-0.39, 0.29) is 13.0 Å². The van der Waals surface area contributed by atoms with E-state index >= 15 is 0 Å². The number of ether oxygens (including phenoxy) is 2. The van der Waals surface area contributed by atoms with Gasteiger partial charge in [-0.3, -0.25) is 4.79 Å². The van der Waals surface area contributed by atoms with Crippen LogP contribution in [0.4, 0.5) is 0 Å². The Morgan fingerprint density at radius 1 is 1.00 bits per heavy atom. The summed E-state index contributed by atoms with van der Waals surface area (Å²) in [7, 11) is 1.59. The molecule has 30 heavy (non-hydrogen) atoms. The number of methoxy groups -OCH3 is 1. The summed E-state index contributed by atoms with van der Waals surface area (Å²) in [6.45, 7) is 0.0172. The lowest BCUT2D eigenvalue weighted by molar-refractivity contribution is -0.144. The van der Waals surface area contributed by atoms with E-state index in [2.05, 4.69) is 6.07 Å². The van der Waals surface area contributed by atoms with Gasteiger partial charge < -0.3 is 18.3 Å². The highest BCUT2D eigenvalue weighted by Crippen LogP contribution is 2.29. The zero-order valence-electron chi connectivity index (χ0n) is 16.5. The average molecular weight is 404 g/mol. The number of hydrogen-bond acceptors (Lipinski definition) is 6. The average Bonchev–Trinajstić information content (AvgIpc) is 3.36. The van der Waals surface area contributed by atoms with E-state index in [0.717, 1.165) is 35.6 Å². The Labute approximate surface area is 172 Å². The zero-order valence-corrected chi connectivity index (χ0v) is 16.5. The number of benzene rings is 2. The standard InChI is InChI=1S/C24H20O6/c1-27-18-5-6-19-16(12-28-21(19)11-18)9-23(25)29-13-17-10-24(26)30-22-8-15-4-2-3-14(15)7-20(17)22/h5-8,10-12H,2-4,9,13H2,1H3. The molecule has 0 unspecified atom stereocenters. The highest BCUT2D eigenvalue weighted by atomic mass is 16.5. The maximum atomic E-state index is 12.5. The molecule has 2 aromatic carbocycles. The first kappa shape index (κ1) is 18.5. The van der Waals surface area contributed by atoms with Crippen molar-refractivity contribution in [2.75, 3.05) is 7.11 Å². The number of fused-ring (bicyclic) bond motifs is 3. The molecule has 1 aliphatic rings. The van der Waals surface area contributed by atoms with Gasteiger partial charge in [0.2, 0.25) is 0 Å². The van der Waals surface area contributed by atoms with Crippen LogP contribution in [0.5, 0.6) is 5.75 Å². The molecular formula is C24H20O6. The van der Waals surface area contributed by atoms with Crippen molar-refractivity contribution in [1.29, 1.82) is 0 Å². The highest BCUT2D eigenvalue weighted by Gasteiger charge is 2.17. The Morgan fingerprint density at radius 2 is 1.83 bits per heavy atom. The maximum Gasteiger partial charge on any atom is 0.336 e. The van der Waals surface area contributed by atoms with Gasteiger partial charge in [-0.2, -0.15) is 0 Å². The Hall–Kier alpha value is -3.54. The van der Waals surface area contributed by atoms with Crippen molar-refractivity contribution in [3.8, 4) is 5.75 Å². The fraction of sp³-hybridized carbons (Fsp3) is 0.250. The van der Waals surface area contributed by atoms with E-state index in [4.69, 9.17) is 18.3 Å². The summed E-state index contributed by atoms with van der Waals surface area (Å²) in [5.74, 6) is 0.295. The molecule has 0 aliphatic heterocycles. The molecule has 5 rings (SSSR count). The third-order valence-corrected chi connectivity index (χ3v) is 5.63. The van der Waals surface area contributed by atoms with Gasteiger partial charge in [-0.25, -0.2) is 4.79 Å². The van der Waals surface area contributed by atoms with Crippen molar-refractivity contribution < 1.29 is 23.1 Å². The molecule has 152 valence electrons. The normalized spacial score (nSPS) is 13.0. The fourth-order valence-electron chi connectivity index (χ4n) is 4.11. The van der Waals surface area contributed by atoms with Crippen molar-refractivity contribution in [3.05, 3.63) is 75.3 Å². The Balaban J connectivity index is 1.35. The van der Waals surface area contributed by atoms with Crippen molar-refractivity contribution >= 4 is 27.9 Å². The maximum absolute atomic E-state index is 12.5. The number of aryl methyl sites for hydroxylation is 2. The quantitative estimate of drug-likeness (QED) is 0.364. The minimum Gasteiger partial charge on any atom is -0.497 e. The molecule has 0 saturated carbocycles. The molecule has 0 N–H and O–H groups in total. The molecule has 6 nitrogen and oxygen atoms in total. The van der Waals surface area contributed by atoms with Gasteiger partial charge in [0.25, 0.3) is 0 Å². The molecule has 2 aromatic heterocycles. The second kappa shape index (κ2) is 7.37. The van der Waals surface area contributed by atoms with Gasteiger partial charge in [-0.1, -0.05) is 0 Å². The summed E-state index contributed by atoms with van der Waals surface area (Å²) in [6, 6.07) is 10.8. The number of esters is 1. The number of rotatable bonds is 5. The van der Waals surface area contributed by atoms with E-state index in [1.165, 1.54) is 17.2 Å². The third kappa shape index (κ3) is 3.34. The van der Waals surface area contributed by atoms with Crippen LogP contribution in [0.1, 0.15) is 28.7 Å². The zero-order chi connectivity index (χ0) is 20.7. The second-order valence-corrected chi connectivity index (χ2v) is 7.52. The Bertz CT molecular complexity index is 1330. The van der Waals surface area contributed by atoms with E-state index in [9.17, 15) is 9.59 Å². The first-order valence-corrected chi connectivity index (χ1v) is 9.89. The van der Waals surface area contributed by atoms with E-state index in [1.807, 2.05) is 18.2 Å². The molecule has 0 spiro atoms. The van der Waals surface area contributed by atoms with Gasteiger partial charge in [0, 0.05) is 34.0 Å². The summed E-state index contributed by atoms with van der Waals surface area (Å²) < 4.78 is 21.6. The summed E-state index contributed by atoms with van der Waals surface area (Å²) in [5.41, 5.74) is 4.65. The first-order valence-electron chi connectivity index (χ1n) is 9.89. The predicted molar refractivity (Wildman–Crippen MR) is 111 cm³/mol. The van der Waals surface area contributed by atoms with Crippen molar-refractivity contribution in [2.24, 2.45) is 0 Å². The molecule has 0 saturated heterocycles. The molecule has 6 heteroatoms. The number of hydrogen-bond donors (Lipinski definition) is 0. The molecule has 0 bridgehead atoms. The minimum atomic E-state index is -0.443. The molecule has 0 atom stereocenters. The largest absolute Gasteiger partial charge is 0.497 e. The minimum absolute atomic E-state index is 0.0172. The molecule has 0 amide bonds. The predicted octanol–water partition coefficient (Wildman–Crippen LogP) is 4.32. The second-order valence-electron chi connectivity index (χ2n) is 7.52. The van der Waals surface area contributed by atoms with Crippen molar-refractivity contribution in [2.45, 2.75) is 32.3 Å². The van der Waals surface area contributed by atoms with Gasteiger partial charge in [0.15, 0.2) is 0 Å². The van der Waals surface area contributed by atoms with Gasteiger partial charge in [-0.05, 0) is 54.7 Å². The van der Waals surface area contributed by atoms with Crippen LogP contribution in [0.2, 0.25) is 0 Å². The van der Waals surface area contributed by atoms with E-state index < -0.39 is 11.6 Å². The van der Waals surface area contributed by atoms with Crippen molar-refractivity contribution in [3.63, 3.8) is 0 Å². The Kier molecular flexibility index (Phi) is 4.54. The van der Waals surface area contributed by atoms with Gasteiger partial charge in [0.05, 0.1) is 19.8 Å². The van der Waals surface area contributed by atoms with Crippen LogP contribution in [0.15, 0.2) is 56.3 Å². The number of carbonyl (C=O) groups excluding carboxylic acids is 1. The van der Waals surface area contributed by atoms with Crippen LogP contribution in [0.3, 0.4) is 0 Å². The van der Waals surface area contributed by atoms with Gasteiger partial charge in [-0.15, -0.1) is 0 Å². The van der Waals surface area contributed by atoms with E-state index in [0.29, 0.717) is 22.5 Å². The van der Waals surface area contributed by atoms with E-state index in [1.54, 1.807) is 19.4 Å². The van der Waals surface area contributed by atoms with Crippen LogP contribution in [-0.4, -0.2) is 13.1 Å². The van der Waals surface area contributed by atoms with Crippen molar-refractivity contribution in [1.82, 2.24) is 0 Å². The lowest BCUT2D eigenvalue weighted by Gasteiger charge is -2.09. The number of furan rings is 1.